The van der Waals surface area contributed by atoms with Crippen LogP contribution in [0, 0.1) is 5.82 Å². The van der Waals surface area contributed by atoms with Crippen molar-refractivity contribution < 1.29 is 13.9 Å². The van der Waals surface area contributed by atoms with E-state index in [1.807, 2.05) is 12.1 Å². The molecular weight excluding hydrogens is 524 g/mol. The molecule has 1 aromatic rings. The Hall–Kier alpha value is -1.01. The minimum atomic E-state index is -0.201. The van der Waals surface area contributed by atoms with Crippen molar-refractivity contribution in [1.29, 1.82) is 0 Å². The Balaban J connectivity index is 0.00000289. The molecule has 0 bridgehead atoms. The molecule has 2 atom stereocenters. The van der Waals surface area contributed by atoms with E-state index < -0.39 is 0 Å². The molecule has 1 N–H and O–H groups in total. The number of aliphatic imine (C=N–C) groups is 1. The fraction of sp³-hybridized carbons (Fsp3) is 0.696. The van der Waals surface area contributed by atoms with Crippen molar-refractivity contribution in [2.45, 2.75) is 25.4 Å². The molecule has 7 nitrogen and oxygen atoms in total. The summed E-state index contributed by atoms with van der Waals surface area (Å²) in [5.41, 5.74) is 1.11. The molecule has 3 aliphatic heterocycles. The highest BCUT2D eigenvalue weighted by Crippen LogP contribution is 2.23. The lowest BCUT2D eigenvalue weighted by Crippen LogP contribution is -2.47. The van der Waals surface area contributed by atoms with Gasteiger partial charge in [0.05, 0.1) is 39.0 Å². The maximum atomic E-state index is 13.5. The second-order valence-corrected chi connectivity index (χ2v) is 8.45. The molecule has 0 aliphatic carbocycles. The smallest absolute Gasteiger partial charge is 0.194 e. The lowest BCUT2D eigenvalue weighted by molar-refractivity contribution is 0.0178. The molecule has 3 heterocycles. The zero-order valence-corrected chi connectivity index (χ0v) is 21.4. The maximum absolute atomic E-state index is 13.5. The number of guanidine groups is 1. The van der Waals surface area contributed by atoms with Gasteiger partial charge in [0.25, 0.3) is 0 Å². The molecule has 0 spiro atoms. The summed E-state index contributed by atoms with van der Waals surface area (Å²) in [5, 5.41) is 3.50. The Labute approximate surface area is 208 Å². The van der Waals surface area contributed by atoms with E-state index >= 15 is 0 Å². The summed E-state index contributed by atoms with van der Waals surface area (Å²) in [6, 6.07) is 7.57. The third-order valence-electron chi connectivity index (χ3n) is 6.52. The van der Waals surface area contributed by atoms with Crippen LogP contribution in [0.2, 0.25) is 0 Å². The van der Waals surface area contributed by atoms with Crippen molar-refractivity contribution in [2.75, 3.05) is 78.8 Å². The summed E-state index contributed by atoms with van der Waals surface area (Å²) in [4.78, 5) is 12.4. The molecule has 32 heavy (non-hydrogen) atoms. The first-order valence-electron chi connectivity index (χ1n) is 11.7. The molecule has 180 valence electrons. The summed E-state index contributed by atoms with van der Waals surface area (Å²) in [5.74, 6) is 0.783. The van der Waals surface area contributed by atoms with Gasteiger partial charge in [-0.1, -0.05) is 12.1 Å². The number of benzene rings is 1. The van der Waals surface area contributed by atoms with Gasteiger partial charge in [-0.05, 0) is 31.0 Å². The van der Waals surface area contributed by atoms with E-state index in [9.17, 15) is 4.39 Å². The number of nitrogens with one attached hydrogen (secondary N) is 1. The fourth-order valence-electron chi connectivity index (χ4n) is 4.78. The van der Waals surface area contributed by atoms with Gasteiger partial charge in [0, 0.05) is 51.9 Å². The molecule has 3 aliphatic rings. The van der Waals surface area contributed by atoms with Gasteiger partial charge in [-0.25, -0.2) is 4.39 Å². The molecule has 0 saturated carbocycles. The van der Waals surface area contributed by atoms with Gasteiger partial charge >= 0.3 is 0 Å². The second-order valence-electron chi connectivity index (χ2n) is 8.45. The van der Waals surface area contributed by atoms with Gasteiger partial charge < -0.3 is 19.7 Å². The zero-order chi connectivity index (χ0) is 21.5. The summed E-state index contributed by atoms with van der Waals surface area (Å²) < 4.78 is 24.6. The molecule has 4 rings (SSSR count). The van der Waals surface area contributed by atoms with Crippen LogP contribution in [-0.4, -0.2) is 105 Å². The molecule has 2 unspecified atom stereocenters. The molecule has 3 fully saturated rings. The van der Waals surface area contributed by atoms with Crippen molar-refractivity contribution in [3.05, 3.63) is 35.6 Å². The van der Waals surface area contributed by atoms with Gasteiger partial charge in [-0.3, -0.25) is 14.8 Å². The Morgan fingerprint density at radius 2 is 1.72 bits per heavy atom. The van der Waals surface area contributed by atoms with Crippen molar-refractivity contribution in [3.63, 3.8) is 0 Å². The molecule has 1 aromatic carbocycles. The number of halogens is 2. The largest absolute Gasteiger partial charge is 0.379 e. The van der Waals surface area contributed by atoms with Crippen LogP contribution in [0.25, 0.3) is 0 Å². The minimum absolute atomic E-state index is 0. The number of rotatable bonds is 6. The Kier molecular flexibility index (Phi) is 10.4. The minimum Gasteiger partial charge on any atom is -0.379 e. The quantitative estimate of drug-likeness (QED) is 0.327. The highest BCUT2D eigenvalue weighted by molar-refractivity contribution is 14.0. The average Bonchev–Trinajstić information content (AvgIpc) is 3.31. The Bertz CT molecular complexity index is 711. The SMILES string of the molecule is CCNC(=NCC(c1ccc(F)cc1)N1CCOCC1)N1CCC(N2CCOCC2)C1.I. The van der Waals surface area contributed by atoms with Gasteiger partial charge in [-0.15, -0.1) is 24.0 Å². The van der Waals surface area contributed by atoms with Crippen LogP contribution in [0.1, 0.15) is 24.9 Å². The predicted octanol–water partition coefficient (Wildman–Crippen LogP) is 2.19. The topological polar surface area (TPSA) is 52.6 Å². The molecule has 3 saturated heterocycles. The number of hydrogen-bond acceptors (Lipinski definition) is 5. The number of likely N-dealkylation sites (tertiary alicyclic amines) is 1. The van der Waals surface area contributed by atoms with Crippen molar-refractivity contribution >= 4 is 29.9 Å². The van der Waals surface area contributed by atoms with E-state index in [1.165, 1.54) is 0 Å². The molecule has 0 aromatic heterocycles. The maximum Gasteiger partial charge on any atom is 0.194 e. The van der Waals surface area contributed by atoms with Crippen molar-refractivity contribution in [1.82, 2.24) is 20.0 Å². The summed E-state index contributed by atoms with van der Waals surface area (Å²) in [7, 11) is 0. The van der Waals surface area contributed by atoms with E-state index in [4.69, 9.17) is 14.5 Å². The van der Waals surface area contributed by atoms with E-state index in [1.54, 1.807) is 12.1 Å². The lowest BCUT2D eigenvalue weighted by atomic mass is 10.0. The van der Waals surface area contributed by atoms with Crippen LogP contribution in [0.5, 0.6) is 0 Å². The van der Waals surface area contributed by atoms with Crippen molar-refractivity contribution in [3.8, 4) is 0 Å². The highest BCUT2D eigenvalue weighted by atomic mass is 127. The predicted molar refractivity (Wildman–Crippen MR) is 135 cm³/mol. The highest BCUT2D eigenvalue weighted by Gasteiger charge is 2.30. The molecule has 0 radical (unpaired) electrons. The van der Waals surface area contributed by atoms with Gasteiger partial charge in [-0.2, -0.15) is 0 Å². The summed E-state index contributed by atoms with van der Waals surface area (Å²) >= 11 is 0. The standard InChI is InChI=1S/C23H36FN5O2.HI/c1-2-25-23(29-8-7-21(18-29)27-9-13-30-14-10-27)26-17-22(28-11-15-31-16-12-28)19-3-5-20(24)6-4-19;/h3-6,21-22H,2,7-18H2,1H3,(H,25,26);1H. The lowest BCUT2D eigenvalue weighted by Gasteiger charge is -2.34. The number of hydrogen-bond donors (Lipinski definition) is 1. The first-order valence-corrected chi connectivity index (χ1v) is 11.7. The van der Waals surface area contributed by atoms with Crippen molar-refractivity contribution in [2.24, 2.45) is 4.99 Å². The van der Waals surface area contributed by atoms with Gasteiger partial charge in [0.1, 0.15) is 5.82 Å². The number of nitrogens with zero attached hydrogens (tertiary/aromatic N) is 4. The monoisotopic (exact) mass is 561 g/mol. The van der Waals surface area contributed by atoms with E-state index in [0.29, 0.717) is 12.6 Å². The van der Waals surface area contributed by atoms with Gasteiger partial charge in [0.15, 0.2) is 5.96 Å². The first kappa shape index (κ1) is 25.6. The molecule has 0 amide bonds. The van der Waals surface area contributed by atoms with E-state index in [2.05, 4.69) is 26.9 Å². The third kappa shape index (κ3) is 6.75. The van der Waals surface area contributed by atoms with E-state index in [-0.39, 0.29) is 35.8 Å². The summed E-state index contributed by atoms with van der Waals surface area (Å²) in [6.07, 6.45) is 1.16. The third-order valence-corrected chi connectivity index (χ3v) is 6.52. The van der Waals surface area contributed by atoms with Crippen LogP contribution < -0.4 is 5.32 Å². The Morgan fingerprint density at radius 1 is 1.06 bits per heavy atom. The normalized spacial score (nSPS) is 24.2. The fourth-order valence-corrected chi connectivity index (χ4v) is 4.78. The second kappa shape index (κ2) is 13.0. The molecular formula is C23H37FIN5O2. The zero-order valence-electron chi connectivity index (χ0n) is 19.0. The van der Waals surface area contributed by atoms with Crippen LogP contribution in [0.3, 0.4) is 0 Å². The summed E-state index contributed by atoms with van der Waals surface area (Å²) in [6.45, 7) is 12.6. The molecule has 9 heteroatoms. The van der Waals surface area contributed by atoms with Crippen LogP contribution >= 0.6 is 24.0 Å². The van der Waals surface area contributed by atoms with E-state index in [0.717, 1.165) is 90.2 Å². The first-order chi connectivity index (χ1) is 15.2. The number of morpholine rings is 2. The van der Waals surface area contributed by atoms with Crippen LogP contribution in [0.15, 0.2) is 29.3 Å². The van der Waals surface area contributed by atoms with Gasteiger partial charge in [0.2, 0.25) is 0 Å². The Morgan fingerprint density at radius 3 is 2.38 bits per heavy atom. The number of ether oxygens (including phenoxy) is 2. The van der Waals surface area contributed by atoms with Crippen LogP contribution in [0.4, 0.5) is 4.39 Å². The average molecular weight is 561 g/mol. The van der Waals surface area contributed by atoms with Crippen LogP contribution in [-0.2, 0) is 9.47 Å².